The first-order valence-corrected chi connectivity index (χ1v) is 10.7. The number of unbranched alkanes of at least 4 members (excludes halogenated alkanes) is 2. The van der Waals surface area contributed by atoms with Gasteiger partial charge in [-0.15, -0.1) is 0 Å². The van der Waals surface area contributed by atoms with Crippen LogP contribution in [0.2, 0.25) is 0 Å². The Morgan fingerprint density at radius 2 is 2.21 bits per heavy atom. The standard InChI is InChI=1S/C23H29NO4/c1-3-4-5-6-19(26)27-18-10-7-14-13-16-15-8-9-17(25)22-23(15,11-12-24(16)2)20(14)21(18)28-22/h7-10,15-17,22,25H,3-6,11-13H2,1-2H3/t15-,16+,17-,22?,23?/m0/s1. The van der Waals surface area contributed by atoms with E-state index in [2.05, 4.69) is 31.0 Å². The van der Waals surface area contributed by atoms with Crippen molar-refractivity contribution in [2.75, 3.05) is 13.6 Å². The van der Waals surface area contributed by atoms with Crippen molar-refractivity contribution < 1.29 is 19.4 Å². The zero-order valence-electron chi connectivity index (χ0n) is 16.7. The molecule has 0 aromatic heterocycles. The molecule has 5 heteroatoms. The van der Waals surface area contributed by atoms with Crippen molar-refractivity contribution in [2.45, 2.75) is 69.1 Å². The fourth-order valence-corrected chi connectivity index (χ4v) is 6.00. The number of carbonyl (C=O) groups is 1. The van der Waals surface area contributed by atoms with Gasteiger partial charge in [-0.3, -0.25) is 4.79 Å². The number of nitrogens with zero attached hydrogens (tertiary/aromatic N) is 1. The van der Waals surface area contributed by atoms with E-state index in [4.69, 9.17) is 9.47 Å². The van der Waals surface area contributed by atoms with Crippen molar-refractivity contribution in [1.29, 1.82) is 0 Å². The summed E-state index contributed by atoms with van der Waals surface area (Å²) in [5.41, 5.74) is 2.26. The van der Waals surface area contributed by atoms with Crippen LogP contribution in [-0.4, -0.2) is 47.8 Å². The summed E-state index contributed by atoms with van der Waals surface area (Å²) in [7, 11) is 2.19. The van der Waals surface area contributed by atoms with Crippen molar-refractivity contribution in [2.24, 2.45) is 5.92 Å². The maximum atomic E-state index is 12.3. The van der Waals surface area contributed by atoms with Gasteiger partial charge in [0.25, 0.3) is 0 Å². The number of likely N-dealkylation sites (tertiary alicyclic amines) is 1. The fraction of sp³-hybridized carbons (Fsp3) is 0.609. The number of hydrogen-bond acceptors (Lipinski definition) is 5. The van der Waals surface area contributed by atoms with Crippen molar-refractivity contribution in [3.05, 3.63) is 35.4 Å². The van der Waals surface area contributed by atoms with E-state index in [0.717, 1.165) is 38.6 Å². The molecule has 1 fully saturated rings. The van der Waals surface area contributed by atoms with Crippen LogP contribution in [0, 0.1) is 5.92 Å². The number of aliphatic hydroxyl groups excluding tert-OH is 1. The molecular weight excluding hydrogens is 354 g/mol. The van der Waals surface area contributed by atoms with Crippen LogP contribution in [0.5, 0.6) is 11.5 Å². The second kappa shape index (κ2) is 6.60. The summed E-state index contributed by atoms with van der Waals surface area (Å²) in [6.45, 7) is 3.11. The summed E-state index contributed by atoms with van der Waals surface area (Å²) in [6.07, 6.45) is 8.46. The second-order valence-electron chi connectivity index (χ2n) is 8.84. The average molecular weight is 383 g/mol. The van der Waals surface area contributed by atoms with Gasteiger partial charge < -0.3 is 19.5 Å². The van der Waals surface area contributed by atoms with Gasteiger partial charge in [0.1, 0.15) is 12.2 Å². The largest absolute Gasteiger partial charge is 0.482 e. The Bertz CT molecular complexity index is 834. The van der Waals surface area contributed by atoms with Crippen LogP contribution < -0.4 is 9.47 Å². The highest BCUT2D eigenvalue weighted by Crippen LogP contribution is 2.62. The smallest absolute Gasteiger partial charge is 0.311 e. The van der Waals surface area contributed by atoms with E-state index >= 15 is 0 Å². The highest BCUT2D eigenvalue weighted by atomic mass is 16.6. The summed E-state index contributed by atoms with van der Waals surface area (Å²) in [5.74, 6) is 1.34. The first-order valence-electron chi connectivity index (χ1n) is 10.7. The van der Waals surface area contributed by atoms with Gasteiger partial charge in [0.05, 0.1) is 0 Å². The molecule has 150 valence electrons. The first-order chi connectivity index (χ1) is 13.6. The molecule has 2 aliphatic carbocycles. The molecule has 5 atom stereocenters. The molecule has 28 heavy (non-hydrogen) atoms. The lowest BCUT2D eigenvalue weighted by atomic mass is 9.53. The van der Waals surface area contributed by atoms with Gasteiger partial charge in [-0.05, 0) is 44.5 Å². The van der Waals surface area contributed by atoms with Crippen molar-refractivity contribution >= 4 is 5.97 Å². The molecule has 4 aliphatic rings. The fourth-order valence-electron chi connectivity index (χ4n) is 6.00. The summed E-state index contributed by atoms with van der Waals surface area (Å²) in [5, 5.41) is 10.7. The Morgan fingerprint density at radius 1 is 1.36 bits per heavy atom. The van der Waals surface area contributed by atoms with E-state index in [1.807, 2.05) is 12.1 Å². The van der Waals surface area contributed by atoms with Gasteiger partial charge in [0, 0.05) is 29.4 Å². The second-order valence-corrected chi connectivity index (χ2v) is 8.84. The van der Waals surface area contributed by atoms with Crippen molar-refractivity contribution in [3.8, 4) is 11.5 Å². The van der Waals surface area contributed by atoms with Crippen LogP contribution in [0.3, 0.4) is 0 Å². The molecule has 1 aromatic carbocycles. The lowest BCUT2D eigenvalue weighted by Gasteiger charge is -2.56. The monoisotopic (exact) mass is 383 g/mol. The Hall–Kier alpha value is -1.85. The lowest BCUT2D eigenvalue weighted by molar-refractivity contribution is -0.134. The van der Waals surface area contributed by atoms with E-state index in [0.29, 0.717) is 29.9 Å². The Kier molecular flexibility index (Phi) is 4.29. The highest BCUT2D eigenvalue weighted by molar-refractivity contribution is 5.74. The minimum Gasteiger partial charge on any atom is -0.482 e. The van der Waals surface area contributed by atoms with Gasteiger partial charge in [-0.25, -0.2) is 0 Å². The molecule has 0 radical (unpaired) electrons. The Labute approximate surface area is 166 Å². The zero-order chi connectivity index (χ0) is 19.5. The number of hydrogen-bond donors (Lipinski definition) is 1. The van der Waals surface area contributed by atoms with Gasteiger partial charge in [-0.1, -0.05) is 38.0 Å². The molecule has 2 bridgehead atoms. The number of esters is 1. The molecular formula is C23H29NO4. The van der Waals surface area contributed by atoms with Crippen LogP contribution in [0.15, 0.2) is 24.3 Å². The predicted octanol–water partition coefficient (Wildman–Crippen LogP) is 2.98. The molecule has 0 saturated carbocycles. The Morgan fingerprint density at radius 3 is 3.04 bits per heavy atom. The summed E-state index contributed by atoms with van der Waals surface area (Å²) < 4.78 is 12.1. The van der Waals surface area contributed by atoms with Crippen molar-refractivity contribution in [1.82, 2.24) is 4.90 Å². The number of ether oxygens (including phenoxy) is 2. The topological polar surface area (TPSA) is 59.0 Å². The Balaban J connectivity index is 1.55. The normalized spacial score (nSPS) is 34.7. The van der Waals surface area contributed by atoms with Crippen LogP contribution >= 0.6 is 0 Å². The number of rotatable bonds is 5. The molecule has 2 heterocycles. The van der Waals surface area contributed by atoms with Gasteiger partial charge in [-0.2, -0.15) is 0 Å². The predicted molar refractivity (Wildman–Crippen MR) is 106 cm³/mol. The third-order valence-electron chi connectivity index (χ3n) is 7.34. The van der Waals surface area contributed by atoms with Crippen LogP contribution in [0.1, 0.15) is 50.2 Å². The van der Waals surface area contributed by atoms with Gasteiger partial charge in [0.15, 0.2) is 11.5 Å². The molecule has 0 amide bonds. The maximum absolute atomic E-state index is 12.3. The van der Waals surface area contributed by atoms with E-state index in [1.165, 1.54) is 11.1 Å². The van der Waals surface area contributed by atoms with Crippen LogP contribution in [0.4, 0.5) is 0 Å². The first kappa shape index (κ1) is 18.2. The number of aliphatic hydroxyl groups is 1. The molecule has 1 aromatic rings. The van der Waals surface area contributed by atoms with E-state index in [9.17, 15) is 9.90 Å². The number of likely N-dealkylation sites (N-methyl/N-ethyl adjacent to an activating group) is 1. The number of carbonyl (C=O) groups excluding carboxylic acids is 1. The van der Waals surface area contributed by atoms with Crippen molar-refractivity contribution in [3.63, 3.8) is 0 Å². The van der Waals surface area contributed by atoms with E-state index < -0.39 is 6.10 Å². The van der Waals surface area contributed by atoms with E-state index in [1.54, 1.807) is 0 Å². The average Bonchev–Trinajstić information content (AvgIpc) is 3.03. The quantitative estimate of drug-likeness (QED) is 0.367. The summed E-state index contributed by atoms with van der Waals surface area (Å²) in [6, 6.07) is 4.41. The molecule has 1 N–H and O–H groups in total. The number of benzene rings is 1. The van der Waals surface area contributed by atoms with Crippen LogP contribution in [0.25, 0.3) is 0 Å². The zero-order valence-corrected chi connectivity index (χ0v) is 16.7. The lowest BCUT2D eigenvalue weighted by Crippen LogP contribution is -2.64. The molecule has 2 unspecified atom stereocenters. The minimum absolute atomic E-state index is 0.201. The molecule has 5 nitrogen and oxygen atoms in total. The van der Waals surface area contributed by atoms with Crippen LogP contribution in [-0.2, 0) is 16.6 Å². The molecule has 1 spiro atoms. The highest BCUT2D eigenvalue weighted by Gasteiger charge is 2.64. The molecule has 1 saturated heterocycles. The number of piperidine rings is 1. The maximum Gasteiger partial charge on any atom is 0.311 e. The molecule has 5 rings (SSSR count). The molecule has 2 aliphatic heterocycles. The summed E-state index contributed by atoms with van der Waals surface area (Å²) >= 11 is 0. The summed E-state index contributed by atoms with van der Waals surface area (Å²) in [4.78, 5) is 14.8. The third kappa shape index (κ3) is 2.42. The van der Waals surface area contributed by atoms with Gasteiger partial charge in [0.2, 0.25) is 0 Å². The van der Waals surface area contributed by atoms with Gasteiger partial charge >= 0.3 is 5.97 Å². The SMILES string of the molecule is CCCCCC(=O)Oc1ccc2c3c1OC1[C@@H](O)C=C[C@H]4[C@@H](C2)N(C)CCC314. The van der Waals surface area contributed by atoms with E-state index in [-0.39, 0.29) is 17.5 Å². The minimum atomic E-state index is -0.633. The third-order valence-corrected chi connectivity index (χ3v) is 7.34.